The van der Waals surface area contributed by atoms with Gasteiger partial charge in [0.2, 0.25) is 0 Å². The van der Waals surface area contributed by atoms with Crippen LogP contribution in [-0.4, -0.2) is 32.6 Å². The molecule has 0 aliphatic heterocycles. The Labute approximate surface area is 111 Å². The topological polar surface area (TPSA) is 76.4 Å². The second kappa shape index (κ2) is 5.45. The predicted octanol–water partition coefficient (Wildman–Crippen LogP) is 1.47. The molecule has 0 bridgehead atoms. The van der Waals surface area contributed by atoms with Crippen molar-refractivity contribution < 1.29 is 14.7 Å². The zero-order chi connectivity index (χ0) is 13.9. The van der Waals surface area contributed by atoms with E-state index in [9.17, 15) is 4.79 Å². The molecular weight excluding hydrogens is 254 g/mol. The van der Waals surface area contributed by atoms with Crippen molar-refractivity contribution in [3.63, 3.8) is 0 Å². The van der Waals surface area contributed by atoms with Crippen molar-refractivity contribution >= 4 is 23.2 Å². The Bertz CT molecular complexity index is 463. The molecule has 0 fully saturated rings. The Kier molecular flexibility index (Phi) is 4.42. The lowest BCUT2D eigenvalue weighted by Gasteiger charge is -2.18. The van der Waals surface area contributed by atoms with Crippen molar-refractivity contribution in [2.24, 2.45) is 0 Å². The molecule has 100 valence electrons. The Balaban J connectivity index is 3.25. The number of hydrogen-bond donors (Lipinski definition) is 2. The quantitative estimate of drug-likeness (QED) is 0.492. The zero-order valence-electron chi connectivity index (χ0n) is 10.9. The maximum Gasteiger partial charge on any atom is 0.342 e. The smallest absolute Gasteiger partial charge is 0.342 e. The normalized spacial score (nSPS) is 11.2. The van der Waals surface area contributed by atoms with Crippen LogP contribution in [0.5, 0.6) is 0 Å². The van der Waals surface area contributed by atoms with E-state index in [1.54, 1.807) is 17.8 Å². The van der Waals surface area contributed by atoms with Crippen molar-refractivity contribution in [2.75, 3.05) is 6.61 Å². The van der Waals surface area contributed by atoms with Crippen LogP contribution in [0, 0.1) is 0 Å². The molecule has 0 aromatic carbocycles. The van der Waals surface area contributed by atoms with Crippen molar-refractivity contribution in [1.29, 1.82) is 0 Å². The van der Waals surface area contributed by atoms with Gasteiger partial charge in [-0.05, 0) is 27.7 Å². The highest BCUT2D eigenvalue weighted by atomic mass is 32.1. The first-order valence-corrected chi connectivity index (χ1v) is 5.93. The number of esters is 1. The van der Waals surface area contributed by atoms with Gasteiger partial charge >= 0.3 is 5.97 Å². The van der Waals surface area contributed by atoms with Crippen LogP contribution in [-0.2, 0) is 10.3 Å². The zero-order valence-corrected chi connectivity index (χ0v) is 11.7. The van der Waals surface area contributed by atoms with E-state index in [4.69, 9.17) is 22.2 Å². The van der Waals surface area contributed by atoms with E-state index in [1.165, 1.54) is 0 Å². The molecule has 0 aliphatic carbocycles. The van der Waals surface area contributed by atoms with Gasteiger partial charge in [-0.1, -0.05) is 12.2 Å². The summed E-state index contributed by atoms with van der Waals surface area (Å²) in [6.45, 7) is 7.79. The predicted molar refractivity (Wildman–Crippen MR) is 69.8 cm³/mol. The third-order valence-corrected chi connectivity index (χ3v) is 2.50. The van der Waals surface area contributed by atoms with Gasteiger partial charge in [0.1, 0.15) is 11.3 Å². The number of carbonyl (C=O) groups excluding carboxylic acids is 1. The molecule has 1 aromatic rings. The molecule has 0 aliphatic rings. The molecule has 0 spiro atoms. The summed E-state index contributed by atoms with van der Waals surface area (Å²) in [6, 6.07) is 0. The summed E-state index contributed by atoms with van der Waals surface area (Å²) in [4.78, 5) is 11.8. The van der Waals surface area contributed by atoms with Gasteiger partial charge in [0.05, 0.1) is 12.1 Å². The van der Waals surface area contributed by atoms with Gasteiger partial charge in [0, 0.05) is 6.20 Å². The molecule has 0 amide bonds. The van der Waals surface area contributed by atoms with E-state index in [0.29, 0.717) is 0 Å². The molecule has 7 heteroatoms. The Morgan fingerprint density at radius 3 is 2.67 bits per heavy atom. The van der Waals surface area contributed by atoms with E-state index >= 15 is 0 Å². The first-order valence-electron chi connectivity index (χ1n) is 5.53. The molecule has 0 saturated carbocycles. The van der Waals surface area contributed by atoms with Crippen LogP contribution in [0.15, 0.2) is 6.20 Å². The first kappa shape index (κ1) is 14.6. The fourth-order valence-electron chi connectivity index (χ4n) is 1.30. The van der Waals surface area contributed by atoms with Gasteiger partial charge in [0.25, 0.3) is 0 Å². The van der Waals surface area contributed by atoms with Crippen LogP contribution in [0.3, 0.4) is 0 Å². The van der Waals surface area contributed by atoms with Gasteiger partial charge in [-0.2, -0.15) is 5.10 Å². The Morgan fingerprint density at radius 2 is 2.22 bits per heavy atom. The number of aromatic nitrogens is 2. The number of nitrogens with zero attached hydrogens (tertiary/aromatic N) is 2. The largest absolute Gasteiger partial charge is 0.462 e. The van der Waals surface area contributed by atoms with E-state index in [1.807, 2.05) is 26.3 Å². The standard InChI is InChI=1S/C11H17N3O3S/c1-5-17-10(15)7-6-14(11(2,3)4)12-8(7)9(18)13-16/h6,16H,5H2,1-4H3,(H,13,18). The van der Waals surface area contributed by atoms with E-state index in [2.05, 4.69) is 5.10 Å². The van der Waals surface area contributed by atoms with Gasteiger partial charge in [-0.15, -0.1) is 0 Å². The van der Waals surface area contributed by atoms with Gasteiger partial charge in [-0.3, -0.25) is 15.4 Å². The van der Waals surface area contributed by atoms with Crippen LogP contribution in [0.2, 0.25) is 0 Å². The highest BCUT2D eigenvalue weighted by Gasteiger charge is 2.24. The lowest BCUT2D eigenvalue weighted by atomic mass is 10.1. The number of ether oxygens (including phenoxy) is 1. The van der Waals surface area contributed by atoms with E-state index in [-0.39, 0.29) is 28.4 Å². The monoisotopic (exact) mass is 271 g/mol. The second-order valence-corrected chi connectivity index (χ2v) is 5.08. The van der Waals surface area contributed by atoms with Crippen LogP contribution in [0.25, 0.3) is 0 Å². The number of carbonyl (C=O) groups is 1. The number of hydrogen-bond acceptors (Lipinski definition) is 5. The average molecular weight is 271 g/mol. The Hall–Kier alpha value is -1.47. The first-order chi connectivity index (χ1) is 8.31. The molecule has 1 aromatic heterocycles. The summed E-state index contributed by atoms with van der Waals surface area (Å²) in [6.07, 6.45) is 1.57. The molecular formula is C11H17N3O3S. The summed E-state index contributed by atoms with van der Waals surface area (Å²) >= 11 is 4.90. The lowest BCUT2D eigenvalue weighted by Crippen LogP contribution is -2.24. The number of nitrogens with one attached hydrogen (secondary N) is 1. The van der Waals surface area contributed by atoms with Crippen LogP contribution < -0.4 is 5.48 Å². The molecule has 1 rings (SSSR count). The highest BCUT2D eigenvalue weighted by Crippen LogP contribution is 2.17. The third-order valence-electron chi connectivity index (χ3n) is 2.21. The number of hydroxylamine groups is 1. The summed E-state index contributed by atoms with van der Waals surface area (Å²) in [5, 5.41) is 13.1. The summed E-state index contributed by atoms with van der Waals surface area (Å²) in [5.41, 5.74) is 1.97. The maximum absolute atomic E-state index is 11.8. The third kappa shape index (κ3) is 3.05. The maximum atomic E-state index is 11.8. The van der Waals surface area contributed by atoms with E-state index < -0.39 is 5.97 Å². The summed E-state index contributed by atoms with van der Waals surface area (Å²) in [5.74, 6) is -0.513. The fourth-order valence-corrected chi connectivity index (χ4v) is 1.45. The molecule has 18 heavy (non-hydrogen) atoms. The number of thiocarbonyl (C=S) groups is 1. The van der Waals surface area contributed by atoms with Crippen molar-refractivity contribution in [3.8, 4) is 0 Å². The molecule has 6 nitrogen and oxygen atoms in total. The molecule has 2 N–H and O–H groups in total. The molecule has 1 heterocycles. The van der Waals surface area contributed by atoms with E-state index in [0.717, 1.165) is 0 Å². The van der Waals surface area contributed by atoms with Crippen molar-refractivity contribution in [2.45, 2.75) is 33.2 Å². The lowest BCUT2D eigenvalue weighted by molar-refractivity contribution is 0.0526. The molecule has 0 saturated heterocycles. The summed E-state index contributed by atoms with van der Waals surface area (Å²) < 4.78 is 6.54. The minimum absolute atomic E-state index is 0.0129. The van der Waals surface area contributed by atoms with Crippen LogP contribution >= 0.6 is 12.2 Å². The van der Waals surface area contributed by atoms with Crippen LogP contribution in [0.4, 0.5) is 0 Å². The molecule has 0 radical (unpaired) electrons. The van der Waals surface area contributed by atoms with Gasteiger partial charge in [-0.25, -0.2) is 4.79 Å². The number of rotatable bonds is 3. The second-order valence-electron chi connectivity index (χ2n) is 4.67. The van der Waals surface area contributed by atoms with Gasteiger partial charge in [0.15, 0.2) is 4.99 Å². The molecule has 0 unspecified atom stereocenters. The average Bonchev–Trinajstić information content (AvgIpc) is 2.72. The highest BCUT2D eigenvalue weighted by molar-refractivity contribution is 7.80. The van der Waals surface area contributed by atoms with Crippen molar-refractivity contribution in [1.82, 2.24) is 15.3 Å². The minimum Gasteiger partial charge on any atom is -0.462 e. The molecule has 0 atom stereocenters. The van der Waals surface area contributed by atoms with Gasteiger partial charge < -0.3 is 4.74 Å². The SMILES string of the molecule is CCOC(=O)c1cn(C(C)(C)C)nc1C(=S)NO. The van der Waals surface area contributed by atoms with Crippen LogP contribution in [0.1, 0.15) is 43.7 Å². The Morgan fingerprint density at radius 1 is 1.61 bits per heavy atom. The minimum atomic E-state index is -0.513. The van der Waals surface area contributed by atoms with Crippen molar-refractivity contribution in [3.05, 3.63) is 17.5 Å². The summed E-state index contributed by atoms with van der Waals surface area (Å²) in [7, 11) is 0. The fraction of sp³-hybridized carbons (Fsp3) is 0.545.